The molecule has 3 aromatic carbocycles. The molecule has 1 N–H and O–H groups in total. The SMILES string of the molecule is CC[C@H]1OC(O)(c2cnc(OCc3ccccc3)c(C)c2)[C@@H](OCc2ccccc2)C1OCc1ccccc1. The normalized spacial score (nSPS) is 22.6. The van der Waals surface area contributed by atoms with Crippen molar-refractivity contribution >= 4 is 0 Å². The lowest BCUT2D eigenvalue weighted by Crippen LogP contribution is -2.44. The fraction of sp³-hybridized carbons (Fsp3) is 0.303. The van der Waals surface area contributed by atoms with Crippen molar-refractivity contribution in [3.63, 3.8) is 0 Å². The van der Waals surface area contributed by atoms with Gasteiger partial charge in [-0.2, -0.15) is 0 Å². The summed E-state index contributed by atoms with van der Waals surface area (Å²) >= 11 is 0. The summed E-state index contributed by atoms with van der Waals surface area (Å²) in [5.41, 5.74) is 4.40. The predicted molar refractivity (Wildman–Crippen MR) is 149 cm³/mol. The summed E-state index contributed by atoms with van der Waals surface area (Å²) in [5, 5.41) is 12.1. The van der Waals surface area contributed by atoms with Crippen molar-refractivity contribution in [3.8, 4) is 5.88 Å². The van der Waals surface area contributed by atoms with Crippen LogP contribution in [-0.2, 0) is 39.8 Å². The van der Waals surface area contributed by atoms with E-state index in [1.54, 1.807) is 6.20 Å². The van der Waals surface area contributed by atoms with Gasteiger partial charge in [-0.15, -0.1) is 0 Å². The van der Waals surface area contributed by atoms with Crippen molar-refractivity contribution in [2.45, 2.75) is 64.2 Å². The summed E-state index contributed by atoms with van der Waals surface area (Å²) < 4.78 is 25.1. The van der Waals surface area contributed by atoms with Crippen molar-refractivity contribution in [3.05, 3.63) is 131 Å². The Balaban J connectivity index is 1.40. The molecule has 5 rings (SSSR count). The number of ether oxygens (including phenoxy) is 4. The highest BCUT2D eigenvalue weighted by Gasteiger charge is 2.56. The van der Waals surface area contributed by atoms with Crippen LogP contribution in [0.2, 0.25) is 0 Å². The predicted octanol–water partition coefficient (Wildman–Crippen LogP) is 6.09. The van der Waals surface area contributed by atoms with E-state index in [0.717, 1.165) is 22.3 Å². The molecule has 1 fully saturated rings. The van der Waals surface area contributed by atoms with Crippen LogP contribution >= 0.6 is 0 Å². The Morgan fingerprint density at radius 1 is 0.795 bits per heavy atom. The Labute approximate surface area is 230 Å². The fourth-order valence-corrected chi connectivity index (χ4v) is 4.90. The van der Waals surface area contributed by atoms with Crippen molar-refractivity contribution in [1.82, 2.24) is 4.98 Å². The van der Waals surface area contributed by atoms with Gasteiger partial charge in [0.15, 0.2) is 0 Å². The maximum Gasteiger partial charge on any atom is 0.224 e. The molecule has 0 saturated carbocycles. The first-order valence-corrected chi connectivity index (χ1v) is 13.4. The first kappa shape index (κ1) is 27.0. The minimum absolute atomic E-state index is 0.309. The Morgan fingerprint density at radius 2 is 1.33 bits per heavy atom. The summed E-state index contributed by atoms with van der Waals surface area (Å²) in [7, 11) is 0. The lowest BCUT2D eigenvalue weighted by molar-refractivity contribution is -0.250. The standard InChI is InChI=1S/C33H35NO5/c1-3-29-30(36-21-25-13-7-4-8-14-25)31(37-22-26-15-9-5-10-16-26)33(35,39-29)28-19-24(2)32(34-20-28)38-23-27-17-11-6-12-18-27/h4-20,29-31,35H,3,21-23H2,1-2H3/t29-,30?,31+,33?/m1/s1. The summed E-state index contributed by atoms with van der Waals surface area (Å²) in [6.45, 7) is 5.04. The van der Waals surface area contributed by atoms with Crippen LogP contribution in [0.25, 0.3) is 0 Å². The highest BCUT2D eigenvalue weighted by Crippen LogP contribution is 2.43. The average molecular weight is 526 g/mol. The number of aryl methyl sites for hydroxylation is 1. The first-order chi connectivity index (χ1) is 19.1. The van der Waals surface area contributed by atoms with Gasteiger partial charge in [0.25, 0.3) is 0 Å². The zero-order valence-corrected chi connectivity index (χ0v) is 22.4. The van der Waals surface area contributed by atoms with Gasteiger partial charge in [0.1, 0.15) is 18.8 Å². The Kier molecular flexibility index (Phi) is 8.69. The Hall–Kier alpha value is -3.55. The van der Waals surface area contributed by atoms with Gasteiger partial charge < -0.3 is 24.1 Å². The molecule has 202 valence electrons. The van der Waals surface area contributed by atoms with Crippen LogP contribution in [0.5, 0.6) is 5.88 Å². The second kappa shape index (κ2) is 12.5. The topological polar surface area (TPSA) is 70.0 Å². The number of hydrogen-bond acceptors (Lipinski definition) is 6. The molecule has 6 heteroatoms. The third-order valence-corrected chi connectivity index (χ3v) is 7.00. The molecule has 0 amide bonds. The second-order valence-corrected chi connectivity index (χ2v) is 9.86. The first-order valence-electron chi connectivity index (χ1n) is 13.4. The van der Waals surface area contributed by atoms with Gasteiger partial charge in [0.2, 0.25) is 11.7 Å². The molecule has 1 aromatic heterocycles. The van der Waals surface area contributed by atoms with E-state index >= 15 is 0 Å². The maximum atomic E-state index is 12.1. The molecule has 1 saturated heterocycles. The lowest BCUT2D eigenvalue weighted by Gasteiger charge is -2.31. The van der Waals surface area contributed by atoms with E-state index in [1.807, 2.05) is 111 Å². The minimum atomic E-state index is -1.74. The van der Waals surface area contributed by atoms with Crippen LogP contribution in [0.1, 0.15) is 41.2 Å². The van der Waals surface area contributed by atoms with E-state index in [4.69, 9.17) is 18.9 Å². The van der Waals surface area contributed by atoms with Crippen LogP contribution in [-0.4, -0.2) is 28.4 Å². The molecule has 2 unspecified atom stereocenters. The molecule has 0 bridgehead atoms. The number of aliphatic hydroxyl groups is 1. The second-order valence-electron chi connectivity index (χ2n) is 9.86. The zero-order chi connectivity index (χ0) is 27.1. The maximum absolute atomic E-state index is 12.1. The fourth-order valence-electron chi connectivity index (χ4n) is 4.90. The molecule has 0 aliphatic carbocycles. The van der Waals surface area contributed by atoms with E-state index in [-0.39, 0.29) is 6.10 Å². The lowest BCUT2D eigenvalue weighted by atomic mass is 9.97. The molecule has 39 heavy (non-hydrogen) atoms. The number of hydrogen-bond donors (Lipinski definition) is 1. The van der Waals surface area contributed by atoms with Crippen LogP contribution in [0.15, 0.2) is 103 Å². The monoisotopic (exact) mass is 525 g/mol. The Morgan fingerprint density at radius 3 is 1.87 bits per heavy atom. The van der Waals surface area contributed by atoms with Crippen LogP contribution in [0.3, 0.4) is 0 Å². The molecule has 1 aliphatic heterocycles. The molecule has 6 nitrogen and oxygen atoms in total. The number of benzene rings is 3. The van der Waals surface area contributed by atoms with Gasteiger partial charge in [0, 0.05) is 17.3 Å². The molecule has 2 heterocycles. The highest BCUT2D eigenvalue weighted by molar-refractivity contribution is 5.33. The molecule has 4 aromatic rings. The third kappa shape index (κ3) is 6.37. The summed E-state index contributed by atoms with van der Waals surface area (Å²) in [6.07, 6.45) is 0.631. The molecular weight excluding hydrogens is 490 g/mol. The van der Waals surface area contributed by atoms with Gasteiger partial charge in [-0.05, 0) is 36.1 Å². The zero-order valence-electron chi connectivity index (χ0n) is 22.4. The third-order valence-electron chi connectivity index (χ3n) is 7.00. The van der Waals surface area contributed by atoms with Crippen LogP contribution in [0, 0.1) is 6.92 Å². The molecule has 4 atom stereocenters. The number of pyridine rings is 1. The van der Waals surface area contributed by atoms with Crippen molar-refractivity contribution in [2.24, 2.45) is 0 Å². The average Bonchev–Trinajstić information content (AvgIpc) is 3.27. The number of nitrogens with zero attached hydrogens (tertiary/aromatic N) is 1. The van der Waals surface area contributed by atoms with Gasteiger partial charge in [-0.3, -0.25) is 0 Å². The highest BCUT2D eigenvalue weighted by atomic mass is 16.7. The summed E-state index contributed by atoms with van der Waals surface area (Å²) in [6, 6.07) is 31.7. The summed E-state index contributed by atoms with van der Waals surface area (Å²) in [5.74, 6) is -1.23. The molecule has 0 radical (unpaired) electrons. The van der Waals surface area contributed by atoms with Gasteiger partial charge in [-0.1, -0.05) is 97.9 Å². The van der Waals surface area contributed by atoms with E-state index < -0.39 is 18.0 Å². The van der Waals surface area contributed by atoms with Crippen molar-refractivity contribution < 1.29 is 24.1 Å². The van der Waals surface area contributed by atoms with Crippen LogP contribution in [0.4, 0.5) is 0 Å². The number of rotatable bonds is 11. The van der Waals surface area contributed by atoms with E-state index in [9.17, 15) is 5.11 Å². The van der Waals surface area contributed by atoms with Gasteiger partial charge >= 0.3 is 0 Å². The number of aromatic nitrogens is 1. The van der Waals surface area contributed by atoms with Gasteiger partial charge in [0.05, 0.1) is 19.3 Å². The molecule has 1 aliphatic rings. The van der Waals surface area contributed by atoms with Crippen LogP contribution < -0.4 is 4.74 Å². The van der Waals surface area contributed by atoms with E-state index in [1.165, 1.54) is 0 Å². The largest absolute Gasteiger partial charge is 0.473 e. The van der Waals surface area contributed by atoms with Crippen molar-refractivity contribution in [1.29, 1.82) is 0 Å². The van der Waals surface area contributed by atoms with E-state index in [0.29, 0.717) is 37.7 Å². The minimum Gasteiger partial charge on any atom is -0.473 e. The molecule has 0 spiro atoms. The van der Waals surface area contributed by atoms with Gasteiger partial charge in [-0.25, -0.2) is 4.98 Å². The molecular formula is C33H35NO5. The van der Waals surface area contributed by atoms with Crippen molar-refractivity contribution in [2.75, 3.05) is 0 Å². The quantitative estimate of drug-likeness (QED) is 0.255. The van der Waals surface area contributed by atoms with E-state index in [2.05, 4.69) is 4.98 Å². The smallest absolute Gasteiger partial charge is 0.224 e. The Bertz CT molecular complexity index is 1320. The summed E-state index contributed by atoms with van der Waals surface area (Å²) in [4.78, 5) is 4.55.